The number of allylic oxidation sites excluding steroid dienone is 1. The minimum Gasteiger partial charge on any atom is -0.450 e. The molecule has 20 heavy (non-hydrogen) atoms. The summed E-state index contributed by atoms with van der Waals surface area (Å²) in [5.41, 5.74) is 8.28. The molecule has 3 heteroatoms. The van der Waals surface area contributed by atoms with Crippen LogP contribution in [0, 0.1) is 0 Å². The van der Waals surface area contributed by atoms with E-state index in [4.69, 9.17) is 10.5 Å². The second-order valence-electron chi connectivity index (χ2n) is 5.30. The molecule has 2 rings (SSSR count). The second-order valence-corrected chi connectivity index (χ2v) is 5.30. The molecule has 1 unspecified atom stereocenters. The molecule has 1 heterocycles. The maximum Gasteiger partial charge on any atom is 0.339 e. The van der Waals surface area contributed by atoms with Crippen molar-refractivity contribution in [2.24, 2.45) is 5.73 Å². The summed E-state index contributed by atoms with van der Waals surface area (Å²) in [6, 6.07) is 7.62. The quantitative estimate of drug-likeness (QED) is 0.656. The van der Waals surface area contributed by atoms with Crippen molar-refractivity contribution >= 4 is 5.97 Å². The lowest BCUT2D eigenvalue weighted by Gasteiger charge is -2.27. The summed E-state index contributed by atoms with van der Waals surface area (Å²) < 4.78 is 5.74. The van der Waals surface area contributed by atoms with Crippen molar-refractivity contribution in [3.05, 3.63) is 59.3 Å². The summed E-state index contributed by atoms with van der Waals surface area (Å²) in [5, 5.41) is 0. The van der Waals surface area contributed by atoms with Crippen LogP contribution >= 0.6 is 0 Å². The Morgan fingerprint density at radius 1 is 1.45 bits per heavy atom. The van der Waals surface area contributed by atoms with E-state index < -0.39 is 5.60 Å². The van der Waals surface area contributed by atoms with Gasteiger partial charge in [-0.15, -0.1) is 0 Å². The molecular weight excluding hydrogens is 250 g/mol. The van der Waals surface area contributed by atoms with Gasteiger partial charge in [-0.25, -0.2) is 4.79 Å². The van der Waals surface area contributed by atoms with Gasteiger partial charge in [0, 0.05) is 17.7 Å². The first-order valence-electron chi connectivity index (χ1n) is 6.94. The van der Waals surface area contributed by atoms with Gasteiger partial charge in [-0.05, 0) is 25.0 Å². The monoisotopic (exact) mass is 271 g/mol. The average molecular weight is 271 g/mol. The van der Waals surface area contributed by atoms with Crippen molar-refractivity contribution in [1.82, 2.24) is 0 Å². The molecule has 0 saturated heterocycles. The lowest BCUT2D eigenvalue weighted by atomic mass is 9.85. The number of carbonyl (C=O) groups is 1. The van der Waals surface area contributed by atoms with Crippen LogP contribution in [0.3, 0.4) is 0 Å². The van der Waals surface area contributed by atoms with Crippen LogP contribution in [0.4, 0.5) is 0 Å². The van der Waals surface area contributed by atoms with Crippen LogP contribution in [0.1, 0.15) is 49.0 Å². The molecule has 1 aromatic carbocycles. The van der Waals surface area contributed by atoms with Crippen LogP contribution in [0.15, 0.2) is 48.2 Å². The van der Waals surface area contributed by atoms with Gasteiger partial charge in [0.1, 0.15) is 5.60 Å². The van der Waals surface area contributed by atoms with Crippen molar-refractivity contribution in [3.8, 4) is 0 Å². The summed E-state index contributed by atoms with van der Waals surface area (Å²) in [7, 11) is 0. The van der Waals surface area contributed by atoms with Gasteiger partial charge in [0.2, 0.25) is 0 Å². The first kappa shape index (κ1) is 14.4. The summed E-state index contributed by atoms with van der Waals surface area (Å²) in [4.78, 5) is 12.0. The first-order chi connectivity index (χ1) is 9.50. The van der Waals surface area contributed by atoms with Gasteiger partial charge in [-0.2, -0.15) is 0 Å². The van der Waals surface area contributed by atoms with Crippen molar-refractivity contribution in [3.63, 3.8) is 0 Å². The van der Waals surface area contributed by atoms with Crippen molar-refractivity contribution in [1.29, 1.82) is 0 Å². The van der Waals surface area contributed by atoms with E-state index in [9.17, 15) is 4.79 Å². The molecule has 0 spiro atoms. The van der Waals surface area contributed by atoms with E-state index in [1.807, 2.05) is 37.3 Å². The number of nitrogens with two attached hydrogens (primary N) is 1. The molecular formula is C17H21NO2. The van der Waals surface area contributed by atoms with E-state index in [-0.39, 0.29) is 5.97 Å². The number of fused-ring (bicyclic) bond motifs is 1. The summed E-state index contributed by atoms with van der Waals surface area (Å²) in [6.07, 6.45) is 4.38. The van der Waals surface area contributed by atoms with Gasteiger partial charge in [0.25, 0.3) is 0 Å². The number of benzene rings is 1. The van der Waals surface area contributed by atoms with Gasteiger partial charge in [-0.1, -0.05) is 44.2 Å². The van der Waals surface area contributed by atoms with Gasteiger partial charge >= 0.3 is 5.97 Å². The van der Waals surface area contributed by atoms with Crippen LogP contribution < -0.4 is 5.73 Å². The molecule has 106 valence electrons. The number of hydrogen-bond donors (Lipinski definition) is 1. The normalized spacial score (nSPS) is 21.5. The highest BCUT2D eigenvalue weighted by Crippen LogP contribution is 2.43. The van der Waals surface area contributed by atoms with Crippen LogP contribution in [0.25, 0.3) is 0 Å². The zero-order valence-electron chi connectivity index (χ0n) is 12.1. The molecule has 0 saturated carbocycles. The third-order valence-corrected chi connectivity index (χ3v) is 3.82. The predicted molar refractivity (Wildman–Crippen MR) is 80.1 cm³/mol. The predicted octanol–water partition coefficient (Wildman–Crippen LogP) is 3.66. The highest BCUT2D eigenvalue weighted by Gasteiger charge is 2.43. The Labute approximate surface area is 120 Å². The molecule has 0 radical (unpaired) electrons. The maximum absolute atomic E-state index is 12.0. The lowest BCUT2D eigenvalue weighted by molar-refractivity contribution is -0.0118. The number of rotatable bonds is 5. The lowest BCUT2D eigenvalue weighted by Crippen LogP contribution is -2.25. The molecule has 0 amide bonds. The molecule has 1 aliphatic rings. The zero-order valence-corrected chi connectivity index (χ0v) is 12.1. The smallest absolute Gasteiger partial charge is 0.339 e. The van der Waals surface area contributed by atoms with E-state index in [1.54, 1.807) is 0 Å². The van der Waals surface area contributed by atoms with E-state index in [0.717, 1.165) is 24.0 Å². The third-order valence-electron chi connectivity index (χ3n) is 3.82. The van der Waals surface area contributed by atoms with Crippen LogP contribution in [0.2, 0.25) is 0 Å². The van der Waals surface area contributed by atoms with Crippen LogP contribution in [0.5, 0.6) is 0 Å². The number of carbonyl (C=O) groups excluding carboxylic acids is 1. The minimum atomic E-state index is -0.556. The molecule has 0 bridgehead atoms. The fraction of sp³-hybridized carbons (Fsp3) is 0.353. The minimum absolute atomic E-state index is 0.230. The standard InChI is InChI=1S/C17H21NO2/c1-4-10-17(11-9-12(2)13(3)18)15-8-6-5-7-14(15)16(19)20-17/h5-9H,3-4,10-11,18H2,1-2H3/b12-9+. The topological polar surface area (TPSA) is 52.3 Å². The zero-order chi connectivity index (χ0) is 14.8. The average Bonchev–Trinajstić information content (AvgIpc) is 2.71. The molecule has 1 atom stereocenters. The van der Waals surface area contributed by atoms with E-state index in [1.165, 1.54) is 0 Å². The molecule has 2 N–H and O–H groups in total. The number of ether oxygens (including phenoxy) is 1. The summed E-state index contributed by atoms with van der Waals surface area (Å²) >= 11 is 0. The SMILES string of the molecule is C=C(N)/C(C)=C/CC1(CCC)OC(=O)c2ccccc21. The van der Waals surface area contributed by atoms with Crippen molar-refractivity contribution < 1.29 is 9.53 Å². The maximum atomic E-state index is 12.0. The first-order valence-corrected chi connectivity index (χ1v) is 6.94. The Balaban J connectivity index is 2.40. The highest BCUT2D eigenvalue weighted by atomic mass is 16.6. The van der Waals surface area contributed by atoms with Crippen molar-refractivity contribution in [2.75, 3.05) is 0 Å². The Hall–Kier alpha value is -2.03. The summed E-state index contributed by atoms with van der Waals surface area (Å²) in [5.74, 6) is -0.230. The molecule has 0 aliphatic carbocycles. The van der Waals surface area contributed by atoms with E-state index in [2.05, 4.69) is 13.5 Å². The van der Waals surface area contributed by atoms with E-state index in [0.29, 0.717) is 17.7 Å². The van der Waals surface area contributed by atoms with Gasteiger partial charge in [0.05, 0.1) is 5.56 Å². The fourth-order valence-corrected chi connectivity index (χ4v) is 2.64. The molecule has 1 aromatic rings. The Morgan fingerprint density at radius 2 is 2.15 bits per heavy atom. The Bertz CT molecular complexity index is 574. The highest BCUT2D eigenvalue weighted by molar-refractivity contribution is 5.94. The Morgan fingerprint density at radius 3 is 2.80 bits per heavy atom. The second kappa shape index (κ2) is 5.53. The Kier molecular flexibility index (Phi) is 3.98. The van der Waals surface area contributed by atoms with Gasteiger partial charge < -0.3 is 10.5 Å². The third kappa shape index (κ3) is 2.48. The fourth-order valence-electron chi connectivity index (χ4n) is 2.64. The number of cyclic esters (lactones) is 1. The van der Waals surface area contributed by atoms with Crippen molar-refractivity contribution in [2.45, 2.75) is 38.7 Å². The largest absolute Gasteiger partial charge is 0.450 e. The number of esters is 1. The summed E-state index contributed by atoms with van der Waals surface area (Å²) in [6.45, 7) is 7.74. The van der Waals surface area contributed by atoms with Crippen LogP contribution in [-0.2, 0) is 10.3 Å². The van der Waals surface area contributed by atoms with Crippen LogP contribution in [-0.4, -0.2) is 5.97 Å². The number of hydrogen-bond acceptors (Lipinski definition) is 3. The van der Waals surface area contributed by atoms with E-state index >= 15 is 0 Å². The molecule has 1 aliphatic heterocycles. The van der Waals surface area contributed by atoms with Gasteiger partial charge in [0.15, 0.2) is 0 Å². The molecule has 0 fully saturated rings. The molecule has 0 aromatic heterocycles. The van der Waals surface area contributed by atoms with Gasteiger partial charge in [-0.3, -0.25) is 0 Å². The molecule has 3 nitrogen and oxygen atoms in total.